The van der Waals surface area contributed by atoms with Gasteiger partial charge in [0.15, 0.2) is 0 Å². The maximum atomic E-state index is 11.5. The van der Waals surface area contributed by atoms with Crippen LogP contribution in [0, 0.1) is 11.4 Å². The zero-order valence-corrected chi connectivity index (χ0v) is 11.8. The van der Waals surface area contributed by atoms with E-state index in [0.717, 1.165) is 43.7 Å². The van der Waals surface area contributed by atoms with Crippen molar-refractivity contribution in [1.29, 1.82) is 0 Å². The first-order valence-corrected chi connectivity index (χ1v) is 6.72. The van der Waals surface area contributed by atoms with Crippen LogP contribution >= 0.6 is 12.2 Å². The molecule has 0 fully saturated rings. The highest BCUT2D eigenvalue weighted by Crippen LogP contribution is 2.18. The molecule has 96 valence electrons. The Hall–Kier alpha value is -0.740. The lowest BCUT2D eigenvalue weighted by atomic mass is 10.1. The zero-order chi connectivity index (χ0) is 12.8. The summed E-state index contributed by atoms with van der Waals surface area (Å²) in [7, 11) is 1.97. The van der Waals surface area contributed by atoms with Gasteiger partial charge in [0.05, 0.1) is 10.2 Å². The summed E-state index contributed by atoms with van der Waals surface area (Å²) in [6.07, 6.45) is 3.43. The van der Waals surface area contributed by atoms with Crippen molar-refractivity contribution in [2.75, 3.05) is 31.6 Å². The van der Waals surface area contributed by atoms with Crippen LogP contribution < -0.4 is 15.6 Å². The summed E-state index contributed by atoms with van der Waals surface area (Å²) in [5.74, 6) is 0. The molecule has 0 saturated heterocycles. The third kappa shape index (κ3) is 3.61. The minimum absolute atomic E-state index is 0.0455. The maximum Gasteiger partial charge on any atom is 0.220 e. The number of nitrogens with zero attached hydrogens (tertiary/aromatic N) is 1. The van der Waals surface area contributed by atoms with Gasteiger partial charge in [-0.05, 0) is 44.8 Å². The van der Waals surface area contributed by atoms with Crippen LogP contribution in [0.1, 0.15) is 31.7 Å². The molecule has 0 bridgehead atoms. The van der Waals surface area contributed by atoms with Gasteiger partial charge in [0.25, 0.3) is 0 Å². The monoisotopic (exact) mass is 254 g/mol. The van der Waals surface area contributed by atoms with Crippen LogP contribution in [0.2, 0.25) is 0 Å². The Labute approximate surface area is 109 Å². The van der Waals surface area contributed by atoms with E-state index in [1.165, 1.54) is 6.42 Å². The van der Waals surface area contributed by atoms with E-state index in [1.54, 1.807) is 0 Å². The van der Waals surface area contributed by atoms with Gasteiger partial charge in [-0.15, -0.1) is 0 Å². The Morgan fingerprint density at radius 3 is 2.59 bits per heavy atom. The Kier molecular flexibility index (Phi) is 5.78. The zero-order valence-electron chi connectivity index (χ0n) is 11.0. The molecule has 0 spiro atoms. The molecule has 0 aromatic heterocycles. The summed E-state index contributed by atoms with van der Waals surface area (Å²) in [6.45, 7) is 7.17. The number of hydrogen-bond donors (Lipinski definition) is 1. The summed E-state index contributed by atoms with van der Waals surface area (Å²) in [5, 5.41) is 3.37. The molecule has 3 nitrogen and oxygen atoms in total. The normalized spacial score (nSPS) is 11.0. The van der Waals surface area contributed by atoms with Crippen molar-refractivity contribution in [2.24, 2.45) is 0 Å². The molecule has 0 aliphatic carbocycles. The Morgan fingerprint density at radius 2 is 2.00 bits per heavy atom. The molecule has 1 aromatic carbocycles. The molecule has 0 aliphatic heterocycles. The largest absolute Gasteiger partial charge is 0.371 e. The van der Waals surface area contributed by atoms with Gasteiger partial charge >= 0.3 is 0 Å². The highest BCUT2D eigenvalue weighted by molar-refractivity contribution is 7.71. The van der Waals surface area contributed by atoms with Crippen LogP contribution in [-0.2, 0) is 0 Å². The van der Waals surface area contributed by atoms with Crippen molar-refractivity contribution in [3.05, 3.63) is 20.3 Å². The predicted octanol–water partition coefficient (Wildman–Crippen LogP) is 2.18. The van der Waals surface area contributed by atoms with E-state index < -0.39 is 0 Å². The molecular formula is C13H22N2OS. The first-order valence-electron chi connectivity index (χ1n) is 6.31. The molecular weight excluding hydrogens is 232 g/mol. The molecule has 0 aliphatic rings. The molecule has 0 saturated carbocycles. The van der Waals surface area contributed by atoms with E-state index in [1.807, 2.05) is 18.9 Å². The first kappa shape index (κ1) is 14.3. The van der Waals surface area contributed by atoms with E-state index in [9.17, 15) is 4.79 Å². The van der Waals surface area contributed by atoms with Gasteiger partial charge in [0.1, 0.15) is 0 Å². The first-order chi connectivity index (χ1) is 8.09. The Bertz CT molecular complexity index is 421. The fourth-order valence-corrected chi connectivity index (χ4v) is 2.16. The predicted molar refractivity (Wildman–Crippen MR) is 76.3 cm³/mol. The fourth-order valence-electron chi connectivity index (χ4n) is 1.97. The summed E-state index contributed by atoms with van der Waals surface area (Å²) in [6, 6.07) is 0. The van der Waals surface area contributed by atoms with E-state index in [2.05, 4.69) is 12.2 Å². The van der Waals surface area contributed by atoms with Gasteiger partial charge in [-0.3, -0.25) is 4.79 Å². The highest BCUT2D eigenvalue weighted by atomic mass is 32.1. The summed E-state index contributed by atoms with van der Waals surface area (Å²) in [4.78, 5) is 13.6. The minimum atomic E-state index is 0.0455. The van der Waals surface area contributed by atoms with Gasteiger partial charge in [-0.1, -0.05) is 19.1 Å². The van der Waals surface area contributed by atoms with Crippen LogP contribution in [0.15, 0.2) is 4.79 Å². The van der Waals surface area contributed by atoms with E-state index >= 15 is 0 Å². The lowest BCUT2D eigenvalue weighted by Crippen LogP contribution is -2.30. The maximum absolute atomic E-state index is 11.5. The van der Waals surface area contributed by atoms with Crippen molar-refractivity contribution in [3.63, 3.8) is 0 Å². The molecule has 4 heteroatoms. The minimum Gasteiger partial charge on any atom is -0.371 e. The van der Waals surface area contributed by atoms with Crippen molar-refractivity contribution in [2.45, 2.75) is 33.1 Å². The number of anilines is 1. The summed E-state index contributed by atoms with van der Waals surface area (Å²) >= 11 is 4.96. The second-order valence-electron chi connectivity index (χ2n) is 4.51. The second kappa shape index (κ2) is 6.87. The van der Waals surface area contributed by atoms with Crippen LogP contribution in [0.4, 0.5) is 5.69 Å². The molecule has 0 heterocycles. The Balaban J connectivity index is 2.25. The average Bonchev–Trinajstić information content (AvgIpc) is 2.33. The smallest absolute Gasteiger partial charge is 0.220 e. The summed E-state index contributed by atoms with van der Waals surface area (Å²) < 4.78 is 0.511. The standard InChI is InChI=1S/C13H22N2OS/c1-4-7-14-8-5-6-9-15(3)11-10(2)13(17)12(11)16/h14H,4-9H2,1-3H3. The lowest BCUT2D eigenvalue weighted by Gasteiger charge is -2.22. The molecule has 0 atom stereocenters. The second-order valence-corrected chi connectivity index (χ2v) is 4.92. The van der Waals surface area contributed by atoms with Crippen molar-refractivity contribution < 1.29 is 0 Å². The SMILES string of the molecule is CCCNCCCCN(C)c1c(C)c(=S)c1=O. The highest BCUT2D eigenvalue weighted by Gasteiger charge is 2.16. The van der Waals surface area contributed by atoms with E-state index in [-0.39, 0.29) is 5.43 Å². The quantitative estimate of drug-likeness (QED) is 0.569. The van der Waals surface area contributed by atoms with Crippen LogP contribution in [0.25, 0.3) is 0 Å². The van der Waals surface area contributed by atoms with Crippen LogP contribution in [0.5, 0.6) is 0 Å². The average molecular weight is 254 g/mol. The third-order valence-electron chi connectivity index (χ3n) is 3.02. The molecule has 0 amide bonds. The number of unbranched alkanes of at least 4 members (excludes halogenated alkanes) is 1. The van der Waals surface area contributed by atoms with E-state index in [4.69, 9.17) is 12.2 Å². The fraction of sp³-hybridized carbons (Fsp3) is 0.692. The van der Waals surface area contributed by atoms with Gasteiger partial charge < -0.3 is 10.2 Å². The number of hydrogen-bond acceptors (Lipinski definition) is 4. The van der Waals surface area contributed by atoms with E-state index in [0.29, 0.717) is 4.51 Å². The molecule has 0 unspecified atom stereocenters. The molecule has 1 N–H and O–H groups in total. The van der Waals surface area contributed by atoms with Gasteiger partial charge in [0, 0.05) is 13.6 Å². The van der Waals surface area contributed by atoms with Gasteiger partial charge in [-0.25, -0.2) is 0 Å². The van der Waals surface area contributed by atoms with Gasteiger partial charge in [-0.2, -0.15) is 0 Å². The molecule has 1 aromatic rings. The molecule has 1 rings (SSSR count). The summed E-state index contributed by atoms with van der Waals surface area (Å²) in [5.41, 5.74) is 1.84. The molecule has 0 radical (unpaired) electrons. The lowest BCUT2D eigenvalue weighted by molar-refractivity contribution is 0.614. The molecule has 17 heavy (non-hydrogen) atoms. The topological polar surface area (TPSA) is 32.3 Å². The Morgan fingerprint density at radius 1 is 1.29 bits per heavy atom. The van der Waals surface area contributed by atoms with Crippen molar-refractivity contribution >= 4 is 17.9 Å². The number of rotatable bonds is 8. The van der Waals surface area contributed by atoms with Crippen LogP contribution in [-0.4, -0.2) is 26.7 Å². The van der Waals surface area contributed by atoms with Gasteiger partial charge in [0.2, 0.25) is 5.43 Å². The van der Waals surface area contributed by atoms with Crippen molar-refractivity contribution in [3.8, 4) is 0 Å². The van der Waals surface area contributed by atoms with Crippen molar-refractivity contribution in [1.82, 2.24) is 5.32 Å². The van der Waals surface area contributed by atoms with Crippen LogP contribution in [0.3, 0.4) is 0 Å². The number of nitrogens with one attached hydrogen (secondary N) is 1. The third-order valence-corrected chi connectivity index (χ3v) is 3.51.